The molecule has 6 aromatic rings. The summed E-state index contributed by atoms with van der Waals surface area (Å²) >= 11 is 0. The van der Waals surface area contributed by atoms with Crippen LogP contribution in [0.3, 0.4) is 0 Å². The van der Waals surface area contributed by atoms with Gasteiger partial charge in [0.2, 0.25) is 0 Å². The van der Waals surface area contributed by atoms with Crippen molar-refractivity contribution in [3.8, 4) is 0 Å². The smallest absolute Gasteiger partial charge is 0.270 e. The van der Waals surface area contributed by atoms with E-state index in [9.17, 15) is 10.1 Å². The molecule has 0 fully saturated rings. The Morgan fingerprint density at radius 1 is 0.559 bits per heavy atom. The van der Waals surface area contributed by atoms with Gasteiger partial charge in [-0.05, 0) is 43.5 Å². The van der Waals surface area contributed by atoms with Crippen LogP contribution in [-0.4, -0.2) is 14.1 Å². The number of nitrogens with zero attached hydrogens (tertiary/aromatic N) is 3. The first-order valence-corrected chi connectivity index (χ1v) is 11.8. The van der Waals surface area contributed by atoms with Gasteiger partial charge in [-0.25, -0.2) is 0 Å². The molecule has 0 N–H and O–H groups in total. The molecule has 0 radical (unpaired) electrons. The minimum atomic E-state index is -0.319. The van der Waals surface area contributed by atoms with Crippen LogP contribution < -0.4 is 0 Å². The van der Waals surface area contributed by atoms with E-state index in [0.29, 0.717) is 0 Å². The summed E-state index contributed by atoms with van der Waals surface area (Å²) in [4.78, 5) is 11.0. The number of hydrogen-bond acceptors (Lipinski definition) is 2. The first kappa shape index (κ1) is 20.5. The Morgan fingerprint density at radius 3 is 1.50 bits per heavy atom. The molecule has 0 unspecified atom stereocenters. The van der Waals surface area contributed by atoms with Gasteiger partial charge in [0.05, 0.1) is 4.92 Å². The number of rotatable bonds is 7. The largest absolute Gasteiger partial charge is 0.340 e. The van der Waals surface area contributed by atoms with Crippen LogP contribution in [-0.2, 0) is 13.1 Å². The molecule has 168 valence electrons. The molecule has 0 bridgehead atoms. The number of aromatic nitrogens is 2. The minimum Gasteiger partial charge on any atom is -0.340 e. The average Bonchev–Trinajstić information content (AvgIpc) is 3.36. The number of benzene rings is 4. The molecule has 2 heterocycles. The third kappa shape index (κ3) is 3.32. The fraction of sp³-hybridized carbons (Fsp3) is 0.172. The maximum Gasteiger partial charge on any atom is 0.270 e. The quantitative estimate of drug-likeness (QED) is 0.143. The lowest BCUT2D eigenvalue weighted by molar-refractivity contribution is -0.384. The number of non-ortho nitro benzene ring substituents is 1. The van der Waals surface area contributed by atoms with Crippen molar-refractivity contribution in [2.45, 2.75) is 32.4 Å². The van der Waals surface area contributed by atoms with Crippen molar-refractivity contribution in [2.75, 3.05) is 0 Å². The summed E-state index contributed by atoms with van der Waals surface area (Å²) < 4.78 is 4.76. The highest BCUT2D eigenvalue weighted by Crippen LogP contribution is 2.32. The van der Waals surface area contributed by atoms with E-state index in [0.717, 1.165) is 54.2 Å². The normalized spacial score (nSPS) is 11.8. The molecule has 0 aliphatic heterocycles. The van der Waals surface area contributed by atoms with Crippen molar-refractivity contribution in [3.05, 3.63) is 101 Å². The van der Waals surface area contributed by atoms with Crippen LogP contribution in [0.25, 0.3) is 43.6 Å². The number of para-hydroxylation sites is 3. The van der Waals surface area contributed by atoms with Crippen molar-refractivity contribution in [1.29, 1.82) is 0 Å². The van der Waals surface area contributed by atoms with E-state index < -0.39 is 0 Å². The summed E-state index contributed by atoms with van der Waals surface area (Å²) in [5, 5.41) is 16.0. The number of aryl methyl sites for hydroxylation is 2. The molecule has 5 heteroatoms. The standard InChI is InChI=1S/C29H25N3O2/c33-32(34)21-16-17-29-25(20-21)24-12-4-7-15-28(24)31(29)19-9-1-8-18-30-26-13-5-2-10-22(26)23-11-3-6-14-27(23)30/h2-7,10-17,20H,1,8-9,18-19H2. The second kappa shape index (κ2) is 8.34. The van der Waals surface area contributed by atoms with E-state index in [-0.39, 0.29) is 10.6 Å². The third-order valence-corrected chi connectivity index (χ3v) is 6.91. The van der Waals surface area contributed by atoms with Crippen LogP contribution in [0, 0.1) is 10.1 Å². The van der Waals surface area contributed by atoms with Crippen molar-refractivity contribution >= 4 is 49.3 Å². The highest BCUT2D eigenvalue weighted by molar-refractivity contribution is 6.09. The zero-order chi connectivity index (χ0) is 23.1. The van der Waals surface area contributed by atoms with Gasteiger partial charge < -0.3 is 9.13 Å². The fourth-order valence-corrected chi connectivity index (χ4v) is 5.36. The molecule has 0 spiro atoms. The van der Waals surface area contributed by atoms with Gasteiger partial charge in [0.25, 0.3) is 5.69 Å². The number of nitro groups is 1. The Balaban J connectivity index is 1.22. The van der Waals surface area contributed by atoms with Gasteiger partial charge in [0.1, 0.15) is 0 Å². The van der Waals surface area contributed by atoms with E-state index >= 15 is 0 Å². The second-order valence-electron chi connectivity index (χ2n) is 8.87. The summed E-state index contributed by atoms with van der Waals surface area (Å²) in [6, 6.07) is 30.7. The molecule has 0 saturated carbocycles. The molecule has 34 heavy (non-hydrogen) atoms. The van der Waals surface area contributed by atoms with Gasteiger partial charge in [-0.15, -0.1) is 0 Å². The third-order valence-electron chi connectivity index (χ3n) is 6.91. The Hall–Kier alpha value is -4.12. The van der Waals surface area contributed by atoms with Gasteiger partial charge in [0, 0.05) is 68.8 Å². The summed E-state index contributed by atoms with van der Waals surface area (Å²) in [5.74, 6) is 0. The van der Waals surface area contributed by atoms with Crippen LogP contribution in [0.1, 0.15) is 19.3 Å². The maximum atomic E-state index is 11.3. The zero-order valence-electron chi connectivity index (χ0n) is 18.9. The number of unbranched alkanes of at least 4 members (excludes halogenated alkanes) is 2. The van der Waals surface area contributed by atoms with Crippen LogP contribution in [0.5, 0.6) is 0 Å². The monoisotopic (exact) mass is 447 g/mol. The lowest BCUT2D eigenvalue weighted by atomic mass is 10.1. The van der Waals surface area contributed by atoms with Gasteiger partial charge in [0.15, 0.2) is 0 Å². The van der Waals surface area contributed by atoms with Crippen LogP contribution in [0.15, 0.2) is 91.0 Å². The van der Waals surface area contributed by atoms with Crippen LogP contribution in [0.4, 0.5) is 5.69 Å². The molecule has 5 nitrogen and oxygen atoms in total. The van der Waals surface area contributed by atoms with E-state index in [1.165, 1.54) is 21.8 Å². The molecule has 2 aromatic heterocycles. The molecule has 0 aliphatic rings. The lowest BCUT2D eigenvalue weighted by Crippen LogP contribution is -2.01. The Kier molecular flexibility index (Phi) is 5.02. The fourth-order valence-electron chi connectivity index (χ4n) is 5.36. The van der Waals surface area contributed by atoms with Gasteiger partial charge in [-0.3, -0.25) is 10.1 Å². The first-order valence-electron chi connectivity index (χ1n) is 11.8. The van der Waals surface area contributed by atoms with Gasteiger partial charge in [-0.2, -0.15) is 0 Å². The van der Waals surface area contributed by atoms with Crippen molar-refractivity contribution in [2.24, 2.45) is 0 Å². The second-order valence-corrected chi connectivity index (χ2v) is 8.87. The Morgan fingerprint density at radius 2 is 1.00 bits per heavy atom. The first-order chi connectivity index (χ1) is 16.7. The summed E-state index contributed by atoms with van der Waals surface area (Å²) in [6.45, 7) is 1.89. The molecule has 0 atom stereocenters. The zero-order valence-corrected chi connectivity index (χ0v) is 18.9. The number of fused-ring (bicyclic) bond motifs is 6. The molecule has 0 amide bonds. The predicted octanol–water partition coefficient (Wildman–Crippen LogP) is 7.68. The van der Waals surface area contributed by atoms with Crippen molar-refractivity contribution < 1.29 is 4.92 Å². The van der Waals surface area contributed by atoms with E-state index in [1.54, 1.807) is 12.1 Å². The Bertz CT molecular complexity index is 1620. The molecule has 0 saturated heterocycles. The molecular formula is C29H25N3O2. The predicted molar refractivity (Wildman–Crippen MR) is 139 cm³/mol. The minimum absolute atomic E-state index is 0.140. The number of nitro benzene ring substituents is 1. The van der Waals surface area contributed by atoms with Gasteiger partial charge >= 0.3 is 0 Å². The van der Waals surface area contributed by atoms with E-state index in [4.69, 9.17) is 0 Å². The maximum absolute atomic E-state index is 11.3. The Labute approximate surface area is 197 Å². The summed E-state index contributed by atoms with van der Waals surface area (Å²) in [7, 11) is 0. The lowest BCUT2D eigenvalue weighted by Gasteiger charge is -2.10. The molecule has 4 aromatic carbocycles. The molecule has 0 aliphatic carbocycles. The van der Waals surface area contributed by atoms with Crippen molar-refractivity contribution in [1.82, 2.24) is 9.13 Å². The molecular weight excluding hydrogens is 422 g/mol. The van der Waals surface area contributed by atoms with Gasteiger partial charge in [-0.1, -0.05) is 54.6 Å². The van der Waals surface area contributed by atoms with Crippen LogP contribution in [0.2, 0.25) is 0 Å². The highest BCUT2D eigenvalue weighted by atomic mass is 16.6. The van der Waals surface area contributed by atoms with E-state index in [1.807, 2.05) is 18.2 Å². The van der Waals surface area contributed by atoms with E-state index in [2.05, 4.69) is 69.8 Å². The highest BCUT2D eigenvalue weighted by Gasteiger charge is 2.14. The summed E-state index contributed by atoms with van der Waals surface area (Å²) in [6.07, 6.45) is 3.27. The number of hydrogen-bond donors (Lipinski definition) is 0. The summed E-state index contributed by atoms with van der Waals surface area (Å²) in [5.41, 5.74) is 4.94. The topological polar surface area (TPSA) is 53.0 Å². The SMILES string of the molecule is O=[N+]([O-])c1ccc2c(c1)c1ccccc1n2CCCCCn1c2ccccc2c2ccccc21. The van der Waals surface area contributed by atoms with Crippen molar-refractivity contribution in [3.63, 3.8) is 0 Å². The van der Waals surface area contributed by atoms with Crippen LogP contribution >= 0.6 is 0 Å². The average molecular weight is 448 g/mol. The molecule has 6 rings (SSSR count).